The number of hydrogen-bond acceptors (Lipinski definition) is 10. The predicted molar refractivity (Wildman–Crippen MR) is 189 cm³/mol. The monoisotopic (exact) mass is 702 g/mol. The number of nitrogens with two attached hydrogens (primary N) is 1. The Balaban J connectivity index is 1.33. The summed E-state index contributed by atoms with van der Waals surface area (Å²) >= 11 is 0. The van der Waals surface area contributed by atoms with E-state index in [0.717, 1.165) is 3.97 Å². The Bertz CT molecular complexity index is 2410. The third-order valence-corrected chi connectivity index (χ3v) is 9.95. The lowest BCUT2D eigenvalue weighted by Gasteiger charge is -2.22. The Morgan fingerprint density at radius 1 is 0.980 bits per heavy atom. The van der Waals surface area contributed by atoms with Crippen LogP contribution in [0, 0.1) is 17.1 Å². The third-order valence-electron chi connectivity index (χ3n) is 8.29. The maximum Gasteiger partial charge on any atom is 0.269 e. The van der Waals surface area contributed by atoms with Crippen molar-refractivity contribution >= 4 is 44.4 Å². The van der Waals surface area contributed by atoms with Gasteiger partial charge in [0.2, 0.25) is 0 Å². The Labute approximate surface area is 292 Å². The third kappa shape index (κ3) is 7.15. The number of ketones is 1. The largest absolute Gasteiger partial charge is 0.383 e. The highest BCUT2D eigenvalue weighted by Crippen LogP contribution is 2.36. The van der Waals surface area contributed by atoms with Crippen molar-refractivity contribution in [3.63, 3.8) is 0 Å². The summed E-state index contributed by atoms with van der Waals surface area (Å²) in [5, 5.41) is 16.0. The number of anilines is 2. The van der Waals surface area contributed by atoms with Gasteiger partial charge in [0.15, 0.2) is 5.65 Å². The number of halogens is 1. The highest BCUT2D eigenvalue weighted by molar-refractivity contribution is 7.90. The summed E-state index contributed by atoms with van der Waals surface area (Å²) < 4.78 is 41.8. The quantitative estimate of drug-likeness (QED) is 0.146. The van der Waals surface area contributed by atoms with Crippen LogP contribution in [0.15, 0.2) is 109 Å². The van der Waals surface area contributed by atoms with Crippen LogP contribution in [0.2, 0.25) is 0 Å². The summed E-state index contributed by atoms with van der Waals surface area (Å²) in [6.07, 6.45) is 4.01. The van der Waals surface area contributed by atoms with Crippen LogP contribution in [0.5, 0.6) is 0 Å². The second kappa shape index (κ2) is 14.2. The van der Waals surface area contributed by atoms with E-state index in [2.05, 4.69) is 25.6 Å². The first-order valence-electron chi connectivity index (χ1n) is 15.7. The average molecular weight is 703 g/mol. The maximum absolute atomic E-state index is 13.6. The number of pyridine rings is 1. The zero-order valence-corrected chi connectivity index (χ0v) is 28.2. The Hall–Kier alpha value is -6.46. The Kier molecular flexibility index (Phi) is 9.57. The van der Waals surface area contributed by atoms with Crippen LogP contribution in [0.1, 0.15) is 59.4 Å². The molecule has 0 saturated carbocycles. The van der Waals surface area contributed by atoms with Gasteiger partial charge in [-0.05, 0) is 60.9 Å². The van der Waals surface area contributed by atoms with Crippen LogP contribution in [-0.2, 0) is 14.8 Å². The van der Waals surface area contributed by atoms with Crippen LogP contribution < -0.4 is 16.4 Å². The van der Waals surface area contributed by atoms with Crippen LogP contribution >= 0.6 is 0 Å². The van der Waals surface area contributed by atoms with Crippen molar-refractivity contribution in [2.75, 3.05) is 11.1 Å². The second-order valence-corrected chi connectivity index (χ2v) is 13.6. The van der Waals surface area contributed by atoms with Gasteiger partial charge in [-0.3, -0.25) is 9.59 Å². The minimum Gasteiger partial charge on any atom is -0.383 e. The lowest BCUT2D eigenvalue weighted by Crippen LogP contribution is -2.28. The predicted octanol–water partition coefficient (Wildman–Crippen LogP) is 5.95. The lowest BCUT2D eigenvalue weighted by molar-refractivity contribution is -0.117. The van der Waals surface area contributed by atoms with Crippen molar-refractivity contribution in [2.45, 2.75) is 37.2 Å². The smallest absolute Gasteiger partial charge is 0.269 e. The lowest BCUT2D eigenvalue weighted by atomic mass is 9.97. The van der Waals surface area contributed by atoms with Crippen molar-refractivity contribution in [2.24, 2.45) is 0 Å². The van der Waals surface area contributed by atoms with Gasteiger partial charge in [-0.2, -0.15) is 5.26 Å². The van der Waals surface area contributed by atoms with Crippen LogP contribution in [-0.4, -0.2) is 39.0 Å². The van der Waals surface area contributed by atoms with Crippen LogP contribution in [0.25, 0.3) is 22.2 Å². The number of Topliss-reactive ketones (excluding diaryl/α,β-unsaturated/α-hetero) is 1. The number of hydrogen-bond donors (Lipinski definition) is 3. The van der Waals surface area contributed by atoms with Crippen LogP contribution in [0.3, 0.4) is 0 Å². The van der Waals surface area contributed by atoms with E-state index in [1.54, 1.807) is 61.5 Å². The summed E-state index contributed by atoms with van der Waals surface area (Å²) in [6, 6.07) is 23.0. The van der Waals surface area contributed by atoms with Crippen LogP contribution in [0.4, 0.5) is 16.0 Å². The topological polar surface area (TPSA) is 186 Å². The summed E-state index contributed by atoms with van der Waals surface area (Å²) in [6.45, 7) is 3.19. The summed E-state index contributed by atoms with van der Waals surface area (Å²) in [7, 11) is -4.03. The molecule has 3 heterocycles. The first kappa shape index (κ1) is 34.4. The molecule has 51 heavy (non-hydrogen) atoms. The van der Waals surface area contributed by atoms with E-state index in [-0.39, 0.29) is 45.5 Å². The Morgan fingerprint density at radius 2 is 1.67 bits per heavy atom. The first-order valence-corrected chi connectivity index (χ1v) is 17.1. The van der Waals surface area contributed by atoms with Gasteiger partial charge in [0, 0.05) is 24.4 Å². The van der Waals surface area contributed by atoms with E-state index in [4.69, 9.17) is 5.73 Å². The summed E-state index contributed by atoms with van der Waals surface area (Å²) in [4.78, 5) is 38.7. The number of carbonyl (C=O) groups excluding carboxylic acids is 2. The van der Waals surface area contributed by atoms with Crippen molar-refractivity contribution in [3.8, 4) is 17.2 Å². The molecule has 0 spiro atoms. The molecule has 0 aliphatic heterocycles. The molecule has 0 aliphatic carbocycles. The number of carbonyl (C=O) groups is 2. The fourth-order valence-corrected chi connectivity index (χ4v) is 7.03. The average Bonchev–Trinajstić information content (AvgIpc) is 3.54. The molecule has 4 N–H and O–H groups in total. The molecule has 1 amide bonds. The first-order chi connectivity index (χ1) is 24.5. The maximum atomic E-state index is 13.6. The number of rotatable bonds is 11. The van der Waals surface area contributed by atoms with Gasteiger partial charge < -0.3 is 16.4 Å². The van der Waals surface area contributed by atoms with E-state index in [0.29, 0.717) is 27.6 Å². The zero-order valence-electron chi connectivity index (χ0n) is 27.4. The van der Waals surface area contributed by atoms with Crippen molar-refractivity contribution in [3.05, 3.63) is 132 Å². The molecule has 3 aromatic carbocycles. The van der Waals surface area contributed by atoms with Crippen molar-refractivity contribution in [1.29, 1.82) is 5.26 Å². The van der Waals surface area contributed by atoms with Gasteiger partial charge >= 0.3 is 0 Å². The summed E-state index contributed by atoms with van der Waals surface area (Å²) in [5.74, 6) is -0.825. The minimum absolute atomic E-state index is 0.0312. The molecule has 14 heteroatoms. The zero-order chi connectivity index (χ0) is 36.3. The molecule has 0 radical (unpaired) electrons. The molecular formula is C37H31FN8O4S. The molecule has 12 nitrogen and oxygen atoms in total. The number of aromatic nitrogens is 4. The number of nitrogens with one attached hydrogen (secondary N) is 2. The molecule has 0 bridgehead atoms. The van der Waals surface area contributed by atoms with Gasteiger partial charge in [-0.25, -0.2) is 31.7 Å². The molecule has 1 unspecified atom stereocenters. The fourth-order valence-electron chi connectivity index (χ4n) is 5.69. The minimum atomic E-state index is -4.03. The number of nitriles is 1. The molecule has 256 valence electrons. The number of nitrogen functional groups attached to an aromatic ring is 1. The normalized spacial score (nSPS) is 12.5. The van der Waals surface area contributed by atoms with E-state index in [1.807, 2.05) is 6.07 Å². The van der Waals surface area contributed by atoms with Crippen molar-refractivity contribution in [1.82, 2.24) is 24.2 Å². The molecule has 0 saturated heterocycles. The second-order valence-electron chi connectivity index (χ2n) is 11.8. The van der Waals surface area contributed by atoms with Gasteiger partial charge in [0.1, 0.15) is 35.6 Å². The van der Waals surface area contributed by atoms with E-state index in [9.17, 15) is 27.7 Å². The van der Waals surface area contributed by atoms with Crippen molar-refractivity contribution < 1.29 is 22.4 Å². The van der Waals surface area contributed by atoms with Gasteiger partial charge in [0.25, 0.3) is 15.9 Å². The molecule has 6 aromatic rings. The molecule has 2 atom stereocenters. The Morgan fingerprint density at radius 3 is 2.33 bits per heavy atom. The van der Waals surface area contributed by atoms with Gasteiger partial charge in [-0.1, -0.05) is 54.6 Å². The van der Waals surface area contributed by atoms with E-state index in [1.165, 1.54) is 56.0 Å². The number of amides is 1. The fraction of sp³-hybridized carbons (Fsp3) is 0.135. The van der Waals surface area contributed by atoms with E-state index >= 15 is 0 Å². The summed E-state index contributed by atoms with van der Waals surface area (Å²) in [5.41, 5.74) is 9.04. The molecule has 6 rings (SSSR count). The molecule has 0 aliphatic rings. The van der Waals surface area contributed by atoms with Gasteiger partial charge in [-0.15, -0.1) is 0 Å². The number of fused-ring (bicyclic) bond motifs is 1. The van der Waals surface area contributed by atoms with E-state index < -0.39 is 33.8 Å². The highest BCUT2D eigenvalue weighted by atomic mass is 32.2. The SMILES string of the molecule is CC(=O)CC(Nc1ncc(C#N)cc1C(=O)N[C@@H](C)c1ccc(F)cc1)c1ccc(-c2cn(S(=O)(=O)c3ccccc3)c3ncnc(N)c23)cc1. The van der Waals surface area contributed by atoms with Gasteiger partial charge in [0.05, 0.1) is 33.5 Å². The standard InChI is InChI=1S/C37H31FN8O4S/c1-22(47)16-32(45-35-30(17-24(18-39)19-41-35)37(48)44-23(2)25-12-14-28(38)15-13-25)27-10-8-26(9-11-27)31-20-46(36-33(31)34(40)42-21-43-36)51(49,50)29-6-4-3-5-7-29/h3-15,17,19-21,23,32H,16H2,1-2H3,(H,41,45)(H,44,48)(H2,40,42,43)/t23-,32?/m0/s1. The highest BCUT2D eigenvalue weighted by Gasteiger charge is 2.25. The molecule has 0 fully saturated rings. The number of nitrogens with zero attached hydrogens (tertiary/aromatic N) is 5. The molecule has 3 aromatic heterocycles. The number of benzene rings is 3. The molecular weight excluding hydrogens is 672 g/mol.